The van der Waals surface area contributed by atoms with E-state index in [4.69, 9.17) is 4.74 Å². The van der Waals surface area contributed by atoms with Crippen LogP contribution in [0.2, 0.25) is 0 Å². The smallest absolute Gasteiger partial charge is 0.325 e. The van der Waals surface area contributed by atoms with Gasteiger partial charge in [0.05, 0.1) is 6.54 Å². The summed E-state index contributed by atoms with van der Waals surface area (Å²) >= 11 is 0. The van der Waals surface area contributed by atoms with Gasteiger partial charge in [0.2, 0.25) is 0 Å². The van der Waals surface area contributed by atoms with Gasteiger partial charge in [-0.15, -0.1) is 24.0 Å². The van der Waals surface area contributed by atoms with E-state index in [9.17, 15) is 9.18 Å². The number of carbonyl (C=O) groups excluding carboxylic acids is 1. The first kappa shape index (κ1) is 22.6. The normalized spacial score (nSPS) is 11.5. The van der Waals surface area contributed by atoms with Gasteiger partial charge >= 0.3 is 5.97 Å². The molecule has 7 heteroatoms. The summed E-state index contributed by atoms with van der Waals surface area (Å²) in [5.41, 5.74) is 0.850. The van der Waals surface area contributed by atoms with Crippen molar-refractivity contribution >= 4 is 35.9 Å². The van der Waals surface area contributed by atoms with Crippen LogP contribution in [0.5, 0.6) is 0 Å². The lowest BCUT2D eigenvalue weighted by molar-refractivity contribution is -0.153. The van der Waals surface area contributed by atoms with E-state index in [1.165, 1.54) is 6.07 Å². The maximum Gasteiger partial charge on any atom is 0.325 e. The highest BCUT2D eigenvalue weighted by Gasteiger charge is 2.16. The molecule has 0 radical (unpaired) electrons. The Kier molecular flexibility index (Phi) is 9.88. The molecule has 24 heavy (non-hydrogen) atoms. The number of nitrogens with zero attached hydrogens (tertiary/aromatic N) is 1. The first-order chi connectivity index (χ1) is 10.7. The van der Waals surface area contributed by atoms with Crippen LogP contribution in [0.1, 0.15) is 38.8 Å². The van der Waals surface area contributed by atoms with Gasteiger partial charge in [0.1, 0.15) is 18.0 Å². The summed E-state index contributed by atoms with van der Waals surface area (Å²) in [6, 6.07) is 5.02. The second kappa shape index (κ2) is 10.5. The van der Waals surface area contributed by atoms with Crippen LogP contribution in [-0.4, -0.2) is 30.6 Å². The number of hydrogen-bond donors (Lipinski definition) is 2. The lowest BCUT2D eigenvalue weighted by Gasteiger charge is -2.20. The van der Waals surface area contributed by atoms with Crippen LogP contribution in [-0.2, 0) is 16.1 Å². The van der Waals surface area contributed by atoms with Crippen LogP contribution in [0.4, 0.5) is 4.39 Å². The number of aryl methyl sites for hydroxylation is 1. The van der Waals surface area contributed by atoms with E-state index >= 15 is 0 Å². The molecular weight excluding hydrogens is 424 g/mol. The Morgan fingerprint density at radius 2 is 1.96 bits per heavy atom. The topological polar surface area (TPSA) is 62.7 Å². The van der Waals surface area contributed by atoms with Crippen molar-refractivity contribution in [2.24, 2.45) is 4.99 Å². The lowest BCUT2D eigenvalue weighted by atomic mass is 10.1. The number of rotatable bonds is 5. The molecule has 0 aliphatic carbocycles. The molecule has 2 N–H and O–H groups in total. The molecular formula is C17H27FIN3O2. The zero-order valence-corrected chi connectivity index (χ0v) is 17.2. The molecule has 0 aliphatic rings. The van der Waals surface area contributed by atoms with Crippen molar-refractivity contribution in [3.05, 3.63) is 35.1 Å². The molecule has 0 heterocycles. The maximum atomic E-state index is 13.5. The van der Waals surface area contributed by atoms with E-state index in [-0.39, 0.29) is 42.3 Å². The van der Waals surface area contributed by atoms with Gasteiger partial charge in [0, 0.05) is 6.54 Å². The molecule has 1 aromatic carbocycles. The van der Waals surface area contributed by atoms with Crippen molar-refractivity contribution < 1.29 is 13.9 Å². The van der Waals surface area contributed by atoms with E-state index in [2.05, 4.69) is 15.6 Å². The zero-order chi connectivity index (χ0) is 17.5. The summed E-state index contributed by atoms with van der Waals surface area (Å²) in [5, 5.41) is 5.94. The average Bonchev–Trinajstić information content (AvgIpc) is 2.43. The minimum Gasteiger partial charge on any atom is -0.459 e. The molecule has 1 rings (SSSR count). The Balaban J connectivity index is 0.00000529. The summed E-state index contributed by atoms with van der Waals surface area (Å²) in [6.45, 7) is 10.1. The molecule has 0 fully saturated rings. The number of hydrogen-bond acceptors (Lipinski definition) is 3. The standard InChI is InChI=1S/C17H26FN3O2.HI/c1-6-19-16(21-11-15(22)23-17(3,4)5)20-10-13-8-7-12(2)14(18)9-13;/h7-9H,6,10-11H2,1-5H3,(H2,19,20,21);1H. The fourth-order valence-corrected chi connectivity index (χ4v) is 1.78. The van der Waals surface area contributed by atoms with Crippen LogP contribution in [0.25, 0.3) is 0 Å². The second-order valence-corrected chi connectivity index (χ2v) is 6.22. The van der Waals surface area contributed by atoms with E-state index in [0.717, 1.165) is 5.56 Å². The Morgan fingerprint density at radius 3 is 2.50 bits per heavy atom. The van der Waals surface area contributed by atoms with Gasteiger partial charge < -0.3 is 15.4 Å². The number of guanidine groups is 1. The molecule has 0 aliphatic heterocycles. The van der Waals surface area contributed by atoms with E-state index < -0.39 is 5.60 Å². The van der Waals surface area contributed by atoms with Crippen LogP contribution in [0.3, 0.4) is 0 Å². The molecule has 0 unspecified atom stereocenters. The highest BCUT2D eigenvalue weighted by atomic mass is 127. The number of ether oxygens (including phenoxy) is 1. The third-order valence-electron chi connectivity index (χ3n) is 2.82. The summed E-state index contributed by atoms with van der Waals surface area (Å²) < 4.78 is 18.7. The zero-order valence-electron chi connectivity index (χ0n) is 14.9. The minimum absolute atomic E-state index is 0. The van der Waals surface area contributed by atoms with E-state index in [1.54, 1.807) is 13.0 Å². The third kappa shape index (κ3) is 9.05. The van der Waals surface area contributed by atoms with Crippen LogP contribution in [0.15, 0.2) is 23.2 Å². The SMILES string of the molecule is CCNC(=NCc1ccc(C)c(F)c1)NCC(=O)OC(C)(C)C.I. The summed E-state index contributed by atoms with van der Waals surface area (Å²) in [5.74, 6) is -0.117. The van der Waals surface area contributed by atoms with Crippen molar-refractivity contribution in [1.82, 2.24) is 10.6 Å². The highest BCUT2D eigenvalue weighted by molar-refractivity contribution is 14.0. The quantitative estimate of drug-likeness (QED) is 0.313. The first-order valence-corrected chi connectivity index (χ1v) is 7.70. The number of benzene rings is 1. The number of aliphatic imine (C=N–C) groups is 1. The van der Waals surface area contributed by atoms with Gasteiger partial charge in [-0.2, -0.15) is 0 Å². The van der Waals surface area contributed by atoms with Gasteiger partial charge in [-0.05, 0) is 51.8 Å². The summed E-state index contributed by atoms with van der Waals surface area (Å²) in [4.78, 5) is 16.0. The molecule has 0 saturated carbocycles. The Morgan fingerprint density at radius 1 is 1.29 bits per heavy atom. The van der Waals surface area contributed by atoms with Crippen molar-refractivity contribution in [3.63, 3.8) is 0 Å². The predicted molar refractivity (Wildman–Crippen MR) is 105 cm³/mol. The number of halogens is 2. The van der Waals surface area contributed by atoms with Gasteiger partial charge in [0.15, 0.2) is 5.96 Å². The molecule has 1 aromatic rings. The minimum atomic E-state index is -0.520. The largest absolute Gasteiger partial charge is 0.459 e. The fraction of sp³-hybridized carbons (Fsp3) is 0.529. The summed E-state index contributed by atoms with van der Waals surface area (Å²) in [7, 11) is 0. The van der Waals surface area contributed by atoms with Gasteiger partial charge in [-0.3, -0.25) is 4.79 Å². The first-order valence-electron chi connectivity index (χ1n) is 7.70. The predicted octanol–water partition coefficient (Wildman–Crippen LogP) is 3.15. The maximum absolute atomic E-state index is 13.5. The molecule has 0 spiro atoms. The molecule has 0 bridgehead atoms. The highest BCUT2D eigenvalue weighted by Crippen LogP contribution is 2.10. The number of nitrogens with one attached hydrogen (secondary N) is 2. The van der Waals surface area contributed by atoms with Gasteiger partial charge in [-0.25, -0.2) is 9.38 Å². The molecule has 5 nitrogen and oxygen atoms in total. The van der Waals surface area contributed by atoms with Crippen molar-refractivity contribution in [2.45, 2.75) is 46.8 Å². The van der Waals surface area contributed by atoms with Crippen LogP contribution < -0.4 is 10.6 Å². The Labute approximate surface area is 160 Å². The van der Waals surface area contributed by atoms with Gasteiger partial charge in [0.25, 0.3) is 0 Å². The van der Waals surface area contributed by atoms with Crippen LogP contribution >= 0.6 is 24.0 Å². The van der Waals surface area contributed by atoms with Crippen molar-refractivity contribution in [2.75, 3.05) is 13.1 Å². The second-order valence-electron chi connectivity index (χ2n) is 6.22. The van der Waals surface area contributed by atoms with Crippen LogP contribution in [0, 0.1) is 12.7 Å². The van der Waals surface area contributed by atoms with E-state index in [0.29, 0.717) is 24.6 Å². The molecule has 0 atom stereocenters. The number of esters is 1. The lowest BCUT2D eigenvalue weighted by Crippen LogP contribution is -2.41. The third-order valence-corrected chi connectivity index (χ3v) is 2.82. The fourth-order valence-electron chi connectivity index (χ4n) is 1.78. The molecule has 0 aromatic heterocycles. The molecule has 0 amide bonds. The molecule has 136 valence electrons. The number of carbonyl (C=O) groups is 1. The Hall–Kier alpha value is -1.38. The monoisotopic (exact) mass is 451 g/mol. The summed E-state index contributed by atoms with van der Waals surface area (Å²) in [6.07, 6.45) is 0. The van der Waals surface area contributed by atoms with Crippen molar-refractivity contribution in [3.8, 4) is 0 Å². The average molecular weight is 451 g/mol. The van der Waals surface area contributed by atoms with E-state index in [1.807, 2.05) is 33.8 Å². The Bertz CT molecular complexity index is 571. The van der Waals surface area contributed by atoms with Crippen molar-refractivity contribution in [1.29, 1.82) is 0 Å². The molecule has 0 saturated heterocycles. The van der Waals surface area contributed by atoms with Gasteiger partial charge in [-0.1, -0.05) is 12.1 Å².